The number of rotatable bonds is 5. The van der Waals surface area contributed by atoms with Crippen LogP contribution < -0.4 is 10.2 Å². The SMILES string of the molecule is O=C(NCCc1cccc(Cl)c1)c1cncc(N2CCCCC2)c1. The van der Waals surface area contributed by atoms with Crippen molar-refractivity contribution in [3.05, 3.63) is 58.9 Å². The summed E-state index contributed by atoms with van der Waals surface area (Å²) in [5.41, 5.74) is 2.77. The molecule has 5 heteroatoms. The summed E-state index contributed by atoms with van der Waals surface area (Å²) in [6.07, 6.45) is 7.92. The Morgan fingerprint density at radius 2 is 2.00 bits per heavy atom. The van der Waals surface area contributed by atoms with Gasteiger partial charge in [0.25, 0.3) is 5.91 Å². The number of nitrogens with zero attached hydrogens (tertiary/aromatic N) is 2. The molecule has 126 valence electrons. The highest BCUT2D eigenvalue weighted by atomic mass is 35.5. The Bertz CT molecular complexity index is 699. The Morgan fingerprint density at radius 1 is 1.17 bits per heavy atom. The smallest absolute Gasteiger partial charge is 0.252 e. The molecule has 1 aliphatic rings. The molecule has 2 heterocycles. The Balaban J connectivity index is 1.56. The van der Waals surface area contributed by atoms with E-state index in [1.165, 1.54) is 19.3 Å². The maximum absolute atomic E-state index is 12.3. The van der Waals surface area contributed by atoms with Crippen LogP contribution in [0.15, 0.2) is 42.7 Å². The number of benzene rings is 1. The van der Waals surface area contributed by atoms with Gasteiger partial charge in [0.1, 0.15) is 0 Å². The van der Waals surface area contributed by atoms with Crippen molar-refractivity contribution in [3.8, 4) is 0 Å². The summed E-state index contributed by atoms with van der Waals surface area (Å²) < 4.78 is 0. The molecule has 1 aromatic carbocycles. The number of carbonyl (C=O) groups excluding carboxylic acids is 1. The molecule has 0 bridgehead atoms. The fourth-order valence-electron chi connectivity index (χ4n) is 2.99. The zero-order valence-electron chi connectivity index (χ0n) is 13.7. The van der Waals surface area contributed by atoms with Gasteiger partial charge in [-0.15, -0.1) is 0 Å². The van der Waals surface area contributed by atoms with Gasteiger partial charge >= 0.3 is 0 Å². The van der Waals surface area contributed by atoms with Crippen LogP contribution in [0.3, 0.4) is 0 Å². The number of hydrogen-bond acceptors (Lipinski definition) is 3. The maximum Gasteiger partial charge on any atom is 0.252 e. The molecule has 1 aromatic heterocycles. The zero-order chi connectivity index (χ0) is 16.8. The second-order valence-electron chi connectivity index (χ2n) is 6.12. The fourth-order valence-corrected chi connectivity index (χ4v) is 3.20. The van der Waals surface area contributed by atoms with Crippen LogP contribution in [0.1, 0.15) is 35.2 Å². The number of piperidine rings is 1. The van der Waals surface area contributed by atoms with E-state index in [0.29, 0.717) is 12.1 Å². The molecular weight excluding hydrogens is 322 g/mol. The van der Waals surface area contributed by atoms with Gasteiger partial charge in [-0.3, -0.25) is 9.78 Å². The molecule has 1 fully saturated rings. The molecule has 24 heavy (non-hydrogen) atoms. The molecule has 2 aromatic rings. The third-order valence-electron chi connectivity index (χ3n) is 4.30. The van der Waals surface area contributed by atoms with E-state index in [4.69, 9.17) is 11.6 Å². The van der Waals surface area contributed by atoms with Crippen LogP contribution in [-0.4, -0.2) is 30.5 Å². The number of pyridine rings is 1. The molecule has 0 aliphatic carbocycles. The van der Waals surface area contributed by atoms with Gasteiger partial charge in [-0.2, -0.15) is 0 Å². The normalized spacial score (nSPS) is 14.5. The van der Waals surface area contributed by atoms with E-state index in [-0.39, 0.29) is 5.91 Å². The summed E-state index contributed by atoms with van der Waals surface area (Å²) in [6, 6.07) is 9.64. The number of hydrogen-bond donors (Lipinski definition) is 1. The van der Waals surface area contributed by atoms with Crippen LogP contribution in [0.25, 0.3) is 0 Å². The third kappa shape index (κ3) is 4.48. The number of nitrogens with one attached hydrogen (secondary N) is 1. The largest absolute Gasteiger partial charge is 0.370 e. The van der Waals surface area contributed by atoms with Crippen LogP contribution in [0.4, 0.5) is 5.69 Å². The lowest BCUT2D eigenvalue weighted by molar-refractivity contribution is 0.0954. The van der Waals surface area contributed by atoms with Crippen molar-refractivity contribution in [3.63, 3.8) is 0 Å². The van der Waals surface area contributed by atoms with Crippen LogP contribution in [0, 0.1) is 0 Å². The Kier molecular flexibility index (Phi) is 5.70. The van der Waals surface area contributed by atoms with Gasteiger partial charge in [0.05, 0.1) is 17.4 Å². The van der Waals surface area contributed by atoms with E-state index in [1.807, 2.05) is 36.5 Å². The molecule has 0 spiro atoms. The van der Waals surface area contributed by atoms with Gasteiger partial charge in [0, 0.05) is 30.9 Å². The van der Waals surface area contributed by atoms with Gasteiger partial charge in [0.2, 0.25) is 0 Å². The number of amides is 1. The molecule has 0 saturated carbocycles. The molecule has 1 amide bonds. The molecule has 3 rings (SSSR count). The summed E-state index contributed by atoms with van der Waals surface area (Å²) in [5, 5.41) is 3.68. The quantitative estimate of drug-likeness (QED) is 0.900. The average molecular weight is 344 g/mol. The highest BCUT2D eigenvalue weighted by Crippen LogP contribution is 2.19. The van der Waals surface area contributed by atoms with Gasteiger partial charge < -0.3 is 10.2 Å². The second kappa shape index (κ2) is 8.15. The summed E-state index contributed by atoms with van der Waals surface area (Å²) in [6.45, 7) is 2.66. The van der Waals surface area contributed by atoms with Crippen molar-refractivity contribution in [1.82, 2.24) is 10.3 Å². The lowest BCUT2D eigenvalue weighted by Crippen LogP contribution is -2.30. The topological polar surface area (TPSA) is 45.2 Å². The van der Waals surface area contributed by atoms with E-state index in [2.05, 4.69) is 15.2 Å². The minimum Gasteiger partial charge on any atom is -0.370 e. The van der Waals surface area contributed by atoms with Crippen LogP contribution >= 0.6 is 11.6 Å². The minimum atomic E-state index is -0.0802. The van der Waals surface area contributed by atoms with Gasteiger partial charge in [0.15, 0.2) is 0 Å². The standard InChI is InChI=1S/C19H22ClN3O/c20-17-6-4-5-15(11-17)7-8-22-19(24)16-12-18(14-21-13-16)23-9-2-1-3-10-23/h4-6,11-14H,1-3,7-10H2,(H,22,24). The summed E-state index contributed by atoms with van der Waals surface area (Å²) in [7, 11) is 0. The highest BCUT2D eigenvalue weighted by Gasteiger charge is 2.13. The van der Waals surface area contributed by atoms with Gasteiger partial charge in [-0.1, -0.05) is 23.7 Å². The number of carbonyl (C=O) groups is 1. The van der Waals surface area contributed by atoms with Crippen molar-refractivity contribution in [2.24, 2.45) is 0 Å². The average Bonchev–Trinajstić information content (AvgIpc) is 2.62. The minimum absolute atomic E-state index is 0.0802. The van der Waals surface area contributed by atoms with E-state index in [9.17, 15) is 4.79 Å². The molecule has 4 nitrogen and oxygen atoms in total. The zero-order valence-corrected chi connectivity index (χ0v) is 14.4. The van der Waals surface area contributed by atoms with E-state index in [0.717, 1.165) is 35.8 Å². The van der Waals surface area contributed by atoms with Crippen LogP contribution in [0.5, 0.6) is 0 Å². The Hall–Kier alpha value is -2.07. The lowest BCUT2D eigenvalue weighted by atomic mass is 10.1. The van der Waals surface area contributed by atoms with Crippen molar-refractivity contribution in [1.29, 1.82) is 0 Å². The Morgan fingerprint density at radius 3 is 2.79 bits per heavy atom. The molecule has 0 radical (unpaired) electrons. The van der Waals surface area contributed by atoms with Crippen molar-refractivity contribution < 1.29 is 4.79 Å². The maximum atomic E-state index is 12.3. The van der Waals surface area contributed by atoms with Gasteiger partial charge in [-0.25, -0.2) is 0 Å². The first-order valence-corrected chi connectivity index (χ1v) is 8.83. The molecule has 0 atom stereocenters. The monoisotopic (exact) mass is 343 g/mol. The summed E-state index contributed by atoms with van der Waals surface area (Å²) in [5.74, 6) is -0.0802. The van der Waals surface area contributed by atoms with Crippen molar-refractivity contribution in [2.75, 3.05) is 24.5 Å². The van der Waals surface area contributed by atoms with E-state index in [1.54, 1.807) is 6.20 Å². The predicted molar refractivity (Wildman–Crippen MR) is 97.8 cm³/mol. The lowest BCUT2D eigenvalue weighted by Gasteiger charge is -2.28. The molecule has 0 unspecified atom stereocenters. The highest BCUT2D eigenvalue weighted by molar-refractivity contribution is 6.30. The first kappa shape index (κ1) is 16.8. The molecule has 1 N–H and O–H groups in total. The molecule has 1 aliphatic heterocycles. The predicted octanol–water partition coefficient (Wildman–Crippen LogP) is 3.70. The first-order valence-electron chi connectivity index (χ1n) is 8.45. The van der Waals surface area contributed by atoms with Crippen LogP contribution in [-0.2, 0) is 6.42 Å². The number of halogens is 1. The van der Waals surface area contributed by atoms with E-state index < -0.39 is 0 Å². The molecule has 1 saturated heterocycles. The number of aromatic nitrogens is 1. The summed E-state index contributed by atoms with van der Waals surface area (Å²) >= 11 is 5.97. The first-order chi connectivity index (χ1) is 11.7. The van der Waals surface area contributed by atoms with Gasteiger partial charge in [-0.05, 0) is 49.4 Å². The summed E-state index contributed by atoms with van der Waals surface area (Å²) in [4.78, 5) is 18.9. The second-order valence-corrected chi connectivity index (χ2v) is 6.55. The van der Waals surface area contributed by atoms with Crippen molar-refractivity contribution >= 4 is 23.2 Å². The fraction of sp³-hybridized carbons (Fsp3) is 0.368. The van der Waals surface area contributed by atoms with Crippen LogP contribution in [0.2, 0.25) is 5.02 Å². The number of anilines is 1. The van der Waals surface area contributed by atoms with E-state index >= 15 is 0 Å². The van der Waals surface area contributed by atoms with Crippen molar-refractivity contribution in [2.45, 2.75) is 25.7 Å². The Labute approximate surface area is 147 Å². The molecular formula is C19H22ClN3O. The third-order valence-corrected chi connectivity index (χ3v) is 4.53.